The summed E-state index contributed by atoms with van der Waals surface area (Å²) in [6, 6.07) is 12.8. The Labute approximate surface area is 178 Å². The van der Waals surface area contributed by atoms with E-state index in [1.54, 1.807) is 36.4 Å². The van der Waals surface area contributed by atoms with Crippen LogP contribution in [0.5, 0.6) is 5.75 Å². The molecule has 9 heteroatoms. The summed E-state index contributed by atoms with van der Waals surface area (Å²) in [6.45, 7) is 5.06. The fraction of sp³-hybridized carbons (Fsp3) is 0.381. The summed E-state index contributed by atoms with van der Waals surface area (Å²) in [4.78, 5) is 4.74. The third-order valence-corrected chi connectivity index (χ3v) is 6.09. The minimum atomic E-state index is -3.56. The second-order valence-electron chi connectivity index (χ2n) is 6.86. The van der Waals surface area contributed by atoms with Gasteiger partial charge in [0, 0.05) is 26.7 Å². The molecule has 0 heterocycles. The molecule has 0 saturated heterocycles. The van der Waals surface area contributed by atoms with Crippen LogP contribution < -0.4 is 15.4 Å². The number of hydrogen-bond donors (Lipinski definition) is 2. The van der Waals surface area contributed by atoms with Crippen molar-refractivity contribution >= 4 is 16.0 Å². The number of ether oxygens (including phenoxy) is 1. The zero-order valence-electron chi connectivity index (χ0n) is 17.7. The summed E-state index contributed by atoms with van der Waals surface area (Å²) >= 11 is 0. The van der Waals surface area contributed by atoms with Gasteiger partial charge in [0.2, 0.25) is 10.0 Å². The highest BCUT2D eigenvalue weighted by molar-refractivity contribution is 7.89. The Morgan fingerprint density at radius 2 is 1.90 bits per heavy atom. The van der Waals surface area contributed by atoms with E-state index in [1.807, 2.05) is 13.8 Å². The molecule has 2 aromatic carbocycles. The van der Waals surface area contributed by atoms with Crippen LogP contribution in [0.1, 0.15) is 19.4 Å². The molecule has 2 rings (SSSR count). The fourth-order valence-corrected chi connectivity index (χ4v) is 3.75. The Bertz CT molecular complexity index is 964. The van der Waals surface area contributed by atoms with Crippen molar-refractivity contribution < 1.29 is 17.5 Å². The number of nitrogens with zero attached hydrogens (tertiary/aromatic N) is 2. The molecule has 0 amide bonds. The Morgan fingerprint density at radius 3 is 2.57 bits per heavy atom. The molecule has 2 N–H and O–H groups in total. The minimum Gasteiger partial charge on any atom is -0.489 e. The third kappa shape index (κ3) is 6.70. The maximum absolute atomic E-state index is 13.3. The van der Waals surface area contributed by atoms with Gasteiger partial charge in [0.15, 0.2) is 5.96 Å². The van der Waals surface area contributed by atoms with Crippen LogP contribution >= 0.6 is 0 Å². The Hall–Kier alpha value is -2.65. The van der Waals surface area contributed by atoms with Gasteiger partial charge in [-0.25, -0.2) is 22.1 Å². The summed E-state index contributed by atoms with van der Waals surface area (Å²) in [6.07, 6.45) is -0.239. The quantitative estimate of drug-likeness (QED) is 0.466. The van der Waals surface area contributed by atoms with Crippen LogP contribution in [0.3, 0.4) is 0 Å². The summed E-state index contributed by atoms with van der Waals surface area (Å²) in [5.41, 5.74) is 0.604. The lowest BCUT2D eigenvalue weighted by Crippen LogP contribution is -2.41. The van der Waals surface area contributed by atoms with Crippen molar-refractivity contribution in [3.63, 3.8) is 0 Å². The number of nitrogens with one attached hydrogen (secondary N) is 2. The van der Waals surface area contributed by atoms with Crippen molar-refractivity contribution in [3.05, 3.63) is 59.9 Å². The predicted octanol–water partition coefficient (Wildman–Crippen LogP) is 2.60. The van der Waals surface area contributed by atoms with Gasteiger partial charge in [-0.1, -0.05) is 24.3 Å². The highest BCUT2D eigenvalue weighted by Gasteiger charge is 2.20. The van der Waals surface area contributed by atoms with E-state index in [1.165, 1.54) is 30.5 Å². The molecule has 1 unspecified atom stereocenters. The largest absolute Gasteiger partial charge is 0.489 e. The average Bonchev–Trinajstić information content (AvgIpc) is 2.70. The molecule has 0 aromatic heterocycles. The van der Waals surface area contributed by atoms with Crippen molar-refractivity contribution in [1.82, 2.24) is 14.9 Å². The average molecular weight is 437 g/mol. The van der Waals surface area contributed by atoms with E-state index in [9.17, 15) is 12.8 Å². The SMILES string of the molecule is CCNC(=NCc1ccccc1S(=O)(=O)N(C)C)NCC(C)Oc1cccc(F)c1. The first-order chi connectivity index (χ1) is 14.2. The lowest BCUT2D eigenvalue weighted by molar-refractivity contribution is 0.223. The number of sulfonamides is 1. The van der Waals surface area contributed by atoms with Gasteiger partial charge in [0.05, 0.1) is 18.0 Å². The molecular formula is C21H29FN4O3S. The molecule has 7 nitrogen and oxygen atoms in total. The van der Waals surface area contributed by atoms with E-state index < -0.39 is 10.0 Å². The first-order valence-electron chi connectivity index (χ1n) is 9.69. The molecule has 2 aromatic rings. The molecule has 0 aliphatic rings. The highest BCUT2D eigenvalue weighted by atomic mass is 32.2. The van der Waals surface area contributed by atoms with Crippen molar-refractivity contribution in [2.75, 3.05) is 27.2 Å². The lowest BCUT2D eigenvalue weighted by Gasteiger charge is -2.18. The molecule has 0 saturated carbocycles. The monoisotopic (exact) mass is 436 g/mol. The maximum Gasteiger partial charge on any atom is 0.242 e. The Morgan fingerprint density at radius 1 is 1.17 bits per heavy atom. The first kappa shape index (κ1) is 23.6. The Balaban J connectivity index is 2.06. The zero-order valence-corrected chi connectivity index (χ0v) is 18.5. The van der Waals surface area contributed by atoms with Crippen molar-refractivity contribution in [1.29, 1.82) is 0 Å². The van der Waals surface area contributed by atoms with Gasteiger partial charge in [-0.3, -0.25) is 0 Å². The predicted molar refractivity (Wildman–Crippen MR) is 117 cm³/mol. The van der Waals surface area contributed by atoms with Gasteiger partial charge in [-0.15, -0.1) is 0 Å². The summed E-state index contributed by atoms with van der Waals surface area (Å²) in [5.74, 6) is 0.632. The molecule has 0 bridgehead atoms. The van der Waals surface area contributed by atoms with E-state index in [0.29, 0.717) is 30.4 Å². The van der Waals surface area contributed by atoms with Crippen LogP contribution in [0, 0.1) is 5.82 Å². The van der Waals surface area contributed by atoms with E-state index in [2.05, 4.69) is 15.6 Å². The zero-order chi connectivity index (χ0) is 22.1. The smallest absolute Gasteiger partial charge is 0.242 e. The van der Waals surface area contributed by atoms with Gasteiger partial charge in [-0.05, 0) is 37.6 Å². The molecular weight excluding hydrogens is 407 g/mol. The summed E-state index contributed by atoms with van der Waals surface area (Å²) in [7, 11) is -0.557. The normalized spacial score (nSPS) is 13.2. The van der Waals surface area contributed by atoms with Crippen molar-refractivity contribution in [2.45, 2.75) is 31.4 Å². The van der Waals surface area contributed by atoms with Crippen LogP contribution in [-0.4, -0.2) is 52.0 Å². The van der Waals surface area contributed by atoms with Crippen LogP contribution in [0.4, 0.5) is 4.39 Å². The van der Waals surface area contributed by atoms with Crippen LogP contribution in [0.25, 0.3) is 0 Å². The van der Waals surface area contributed by atoms with E-state index in [-0.39, 0.29) is 23.4 Å². The number of guanidine groups is 1. The standard InChI is InChI=1S/C21H29FN4O3S/c1-5-23-21(24-14-16(2)29-19-11-8-10-18(22)13-19)25-15-17-9-6-7-12-20(17)30(27,28)26(3)4/h6-13,16H,5,14-15H2,1-4H3,(H2,23,24,25). The lowest BCUT2D eigenvalue weighted by atomic mass is 10.2. The second kappa shape index (κ2) is 10.9. The van der Waals surface area contributed by atoms with E-state index in [4.69, 9.17) is 4.74 Å². The van der Waals surface area contributed by atoms with Gasteiger partial charge >= 0.3 is 0 Å². The van der Waals surface area contributed by atoms with E-state index >= 15 is 0 Å². The molecule has 164 valence electrons. The van der Waals surface area contributed by atoms with Gasteiger partial charge in [0.1, 0.15) is 17.7 Å². The number of benzene rings is 2. The molecule has 0 spiro atoms. The molecule has 0 radical (unpaired) electrons. The fourth-order valence-electron chi connectivity index (χ4n) is 2.64. The Kier molecular flexibility index (Phi) is 8.61. The van der Waals surface area contributed by atoms with Crippen molar-refractivity contribution in [3.8, 4) is 5.75 Å². The number of rotatable bonds is 9. The molecule has 30 heavy (non-hydrogen) atoms. The van der Waals surface area contributed by atoms with Crippen LogP contribution in [0.2, 0.25) is 0 Å². The second-order valence-corrected chi connectivity index (χ2v) is 8.98. The first-order valence-corrected chi connectivity index (χ1v) is 11.1. The molecule has 0 fully saturated rings. The number of hydrogen-bond acceptors (Lipinski definition) is 4. The van der Waals surface area contributed by atoms with Gasteiger partial charge in [-0.2, -0.15) is 0 Å². The maximum atomic E-state index is 13.3. The number of aliphatic imine (C=N–C) groups is 1. The van der Waals surface area contributed by atoms with Crippen LogP contribution in [0.15, 0.2) is 58.4 Å². The van der Waals surface area contributed by atoms with Gasteiger partial charge in [0.25, 0.3) is 0 Å². The van der Waals surface area contributed by atoms with Crippen LogP contribution in [-0.2, 0) is 16.6 Å². The molecule has 1 atom stereocenters. The topological polar surface area (TPSA) is 83.0 Å². The highest BCUT2D eigenvalue weighted by Crippen LogP contribution is 2.19. The minimum absolute atomic E-state index is 0.192. The van der Waals surface area contributed by atoms with Gasteiger partial charge < -0.3 is 15.4 Å². The summed E-state index contributed by atoms with van der Waals surface area (Å²) in [5, 5.41) is 6.29. The van der Waals surface area contributed by atoms with Crippen molar-refractivity contribution in [2.24, 2.45) is 4.99 Å². The third-order valence-electron chi connectivity index (χ3n) is 4.17. The van der Waals surface area contributed by atoms with E-state index in [0.717, 1.165) is 0 Å². The molecule has 0 aliphatic heterocycles. The number of halogens is 1. The summed E-state index contributed by atoms with van der Waals surface area (Å²) < 4.78 is 45.3. The molecule has 0 aliphatic carbocycles.